The number of carboxylic acids is 2. The summed E-state index contributed by atoms with van der Waals surface area (Å²) in [5.74, 6) is -2.19. The third-order valence-corrected chi connectivity index (χ3v) is 3.80. The molecule has 0 bridgehead atoms. The van der Waals surface area contributed by atoms with Crippen molar-refractivity contribution in [1.29, 1.82) is 0 Å². The van der Waals surface area contributed by atoms with Crippen molar-refractivity contribution < 1.29 is 36.9 Å². The summed E-state index contributed by atoms with van der Waals surface area (Å²) in [6.45, 7) is 1.03. The van der Waals surface area contributed by atoms with Gasteiger partial charge in [0.25, 0.3) is 0 Å². The SMILES string of the molecule is CN(C)CCC(c1ccc(Cl)cc1)c1ccccn1.O=C(O)/C=C\C(=O)O.[Fe]. The molecule has 1 heterocycles. The first-order chi connectivity index (χ1) is 12.8. The van der Waals surface area contributed by atoms with Crippen LogP contribution in [0.25, 0.3) is 0 Å². The predicted molar refractivity (Wildman–Crippen MR) is 105 cm³/mol. The maximum Gasteiger partial charge on any atom is 0.328 e. The average molecular weight is 447 g/mol. The summed E-state index contributed by atoms with van der Waals surface area (Å²) in [5.41, 5.74) is 2.39. The summed E-state index contributed by atoms with van der Waals surface area (Å²) in [5, 5.41) is 16.4. The number of aromatic nitrogens is 1. The molecule has 0 aliphatic heterocycles. The minimum Gasteiger partial charge on any atom is -0.478 e. The Bertz CT molecular complexity index is 737. The molecule has 0 radical (unpaired) electrons. The monoisotopic (exact) mass is 446 g/mol. The molecule has 1 aromatic heterocycles. The van der Waals surface area contributed by atoms with Crippen LogP contribution in [0.1, 0.15) is 23.6 Å². The van der Waals surface area contributed by atoms with Crippen LogP contribution in [-0.4, -0.2) is 52.7 Å². The van der Waals surface area contributed by atoms with Gasteiger partial charge in [-0.2, -0.15) is 0 Å². The van der Waals surface area contributed by atoms with E-state index in [1.807, 2.05) is 30.5 Å². The summed E-state index contributed by atoms with van der Waals surface area (Å²) in [4.78, 5) is 25.8. The molecule has 0 amide bonds. The molecule has 28 heavy (non-hydrogen) atoms. The number of halogens is 1. The van der Waals surface area contributed by atoms with Crippen LogP contribution < -0.4 is 0 Å². The molecule has 0 spiro atoms. The van der Waals surface area contributed by atoms with Gasteiger partial charge in [-0.25, -0.2) is 9.59 Å². The van der Waals surface area contributed by atoms with E-state index in [4.69, 9.17) is 21.8 Å². The Hall–Kier alpha value is -2.18. The van der Waals surface area contributed by atoms with Gasteiger partial charge in [-0.1, -0.05) is 29.8 Å². The number of aliphatic carboxylic acids is 2. The number of benzene rings is 1. The molecule has 6 nitrogen and oxygen atoms in total. The Morgan fingerprint density at radius 1 is 1.07 bits per heavy atom. The van der Waals surface area contributed by atoms with Gasteiger partial charge >= 0.3 is 11.9 Å². The Morgan fingerprint density at radius 3 is 2.07 bits per heavy atom. The molecular formula is C20H23ClFeN2O4. The Balaban J connectivity index is 0.000000694. The fraction of sp³-hybridized carbons (Fsp3) is 0.250. The molecule has 2 rings (SSSR count). The molecule has 0 saturated heterocycles. The molecule has 1 aromatic carbocycles. The fourth-order valence-electron chi connectivity index (χ4n) is 2.29. The van der Waals surface area contributed by atoms with Crippen LogP contribution in [0.2, 0.25) is 5.02 Å². The number of rotatable bonds is 7. The zero-order valence-corrected chi connectivity index (χ0v) is 17.5. The quantitative estimate of drug-likeness (QED) is 0.499. The van der Waals surface area contributed by atoms with Gasteiger partial charge in [-0.05, 0) is 56.9 Å². The molecule has 8 heteroatoms. The first-order valence-electron chi connectivity index (χ1n) is 8.24. The first kappa shape index (κ1) is 25.8. The van der Waals surface area contributed by atoms with Crippen molar-refractivity contribution in [3.63, 3.8) is 0 Å². The topological polar surface area (TPSA) is 90.7 Å². The predicted octanol–water partition coefficient (Wildman–Crippen LogP) is 3.53. The summed E-state index contributed by atoms with van der Waals surface area (Å²) in [6, 6.07) is 14.2. The third-order valence-electron chi connectivity index (χ3n) is 3.55. The van der Waals surface area contributed by atoms with Crippen molar-refractivity contribution in [1.82, 2.24) is 9.88 Å². The van der Waals surface area contributed by atoms with E-state index in [0.29, 0.717) is 18.1 Å². The van der Waals surface area contributed by atoms with E-state index in [9.17, 15) is 9.59 Å². The molecule has 2 N–H and O–H groups in total. The van der Waals surface area contributed by atoms with Crippen molar-refractivity contribution in [2.24, 2.45) is 0 Å². The van der Waals surface area contributed by atoms with E-state index in [1.54, 1.807) is 0 Å². The second-order valence-corrected chi connectivity index (χ2v) is 6.40. The molecule has 152 valence electrons. The number of nitrogens with zero attached hydrogens (tertiary/aromatic N) is 2. The number of hydrogen-bond donors (Lipinski definition) is 2. The standard InChI is InChI=1S/C16H19ClN2.C4H4O4.Fe/c1-19(2)12-10-15(16-5-3-4-11-18-16)13-6-8-14(17)9-7-13;5-3(6)1-2-4(7)8;/h3-9,11,15H,10,12H2,1-2H3;1-2H,(H,5,6)(H,7,8);/b;2-1-;. The molecule has 2 aromatic rings. The van der Waals surface area contributed by atoms with Gasteiger partial charge in [0.1, 0.15) is 0 Å². The Labute approximate surface area is 180 Å². The smallest absolute Gasteiger partial charge is 0.328 e. The van der Waals surface area contributed by atoms with Crippen molar-refractivity contribution >= 4 is 23.5 Å². The van der Waals surface area contributed by atoms with E-state index in [2.05, 4.69) is 42.2 Å². The molecule has 1 atom stereocenters. The maximum atomic E-state index is 9.55. The van der Waals surface area contributed by atoms with Crippen LogP contribution >= 0.6 is 11.6 Å². The first-order valence-corrected chi connectivity index (χ1v) is 8.62. The maximum absolute atomic E-state index is 9.55. The molecular weight excluding hydrogens is 424 g/mol. The zero-order valence-electron chi connectivity index (χ0n) is 15.6. The number of hydrogen-bond acceptors (Lipinski definition) is 4. The van der Waals surface area contributed by atoms with Crippen LogP contribution in [0.4, 0.5) is 0 Å². The van der Waals surface area contributed by atoms with Gasteiger partial charge in [0.05, 0.1) is 0 Å². The minimum atomic E-state index is -1.26. The third kappa shape index (κ3) is 10.8. The number of carbonyl (C=O) groups is 2. The minimum absolute atomic E-state index is 0. The van der Waals surface area contributed by atoms with Crippen molar-refractivity contribution in [3.8, 4) is 0 Å². The van der Waals surface area contributed by atoms with Crippen LogP contribution in [0.3, 0.4) is 0 Å². The second-order valence-electron chi connectivity index (χ2n) is 5.96. The fourth-order valence-corrected chi connectivity index (χ4v) is 2.42. The van der Waals surface area contributed by atoms with Crippen molar-refractivity contribution in [2.75, 3.05) is 20.6 Å². The van der Waals surface area contributed by atoms with E-state index < -0.39 is 11.9 Å². The van der Waals surface area contributed by atoms with Crippen molar-refractivity contribution in [2.45, 2.75) is 12.3 Å². The van der Waals surface area contributed by atoms with E-state index >= 15 is 0 Å². The van der Waals surface area contributed by atoms with Gasteiger partial charge < -0.3 is 15.1 Å². The summed E-state index contributed by atoms with van der Waals surface area (Å²) < 4.78 is 0. The zero-order chi connectivity index (χ0) is 20.2. The van der Waals surface area contributed by atoms with Gasteiger partial charge in [0.15, 0.2) is 0 Å². The molecule has 0 aliphatic carbocycles. The number of carboxylic acid groups (broad SMARTS) is 2. The van der Waals surface area contributed by atoms with E-state index in [0.717, 1.165) is 23.7 Å². The largest absolute Gasteiger partial charge is 0.478 e. The van der Waals surface area contributed by atoms with E-state index in [1.165, 1.54) is 5.56 Å². The second kappa shape index (κ2) is 13.9. The van der Waals surface area contributed by atoms with Gasteiger partial charge in [-0.3, -0.25) is 4.98 Å². The van der Waals surface area contributed by atoms with Crippen LogP contribution in [-0.2, 0) is 26.7 Å². The average Bonchev–Trinajstić information content (AvgIpc) is 2.63. The van der Waals surface area contributed by atoms with Gasteiger partial charge in [-0.15, -0.1) is 0 Å². The van der Waals surface area contributed by atoms with E-state index in [-0.39, 0.29) is 17.1 Å². The Kier molecular flexibility index (Phi) is 12.8. The summed E-state index contributed by atoms with van der Waals surface area (Å²) in [7, 11) is 4.19. The van der Waals surface area contributed by atoms with Crippen molar-refractivity contribution in [3.05, 3.63) is 77.1 Å². The normalized spacial score (nSPS) is 11.3. The summed E-state index contributed by atoms with van der Waals surface area (Å²) in [6.07, 6.45) is 4.02. The number of pyridine rings is 1. The van der Waals surface area contributed by atoms with Crippen LogP contribution in [0, 0.1) is 0 Å². The van der Waals surface area contributed by atoms with Gasteiger partial charge in [0, 0.05) is 52.1 Å². The Morgan fingerprint density at radius 2 is 1.64 bits per heavy atom. The molecule has 0 fully saturated rings. The van der Waals surface area contributed by atoms with Gasteiger partial charge in [0.2, 0.25) is 0 Å². The molecule has 0 saturated carbocycles. The molecule has 0 aliphatic rings. The van der Waals surface area contributed by atoms with Crippen LogP contribution in [0.15, 0.2) is 60.8 Å². The summed E-state index contributed by atoms with van der Waals surface area (Å²) >= 11 is 5.97. The van der Waals surface area contributed by atoms with Crippen LogP contribution in [0.5, 0.6) is 0 Å². The molecule has 1 unspecified atom stereocenters.